The van der Waals surface area contributed by atoms with Crippen molar-refractivity contribution in [2.24, 2.45) is 0 Å². The van der Waals surface area contributed by atoms with Gasteiger partial charge in [-0.1, -0.05) is 11.2 Å². The molecule has 7 nitrogen and oxygen atoms in total. The van der Waals surface area contributed by atoms with Crippen molar-refractivity contribution in [3.05, 3.63) is 57.0 Å². The molecule has 2 aromatic heterocycles. The van der Waals surface area contributed by atoms with Gasteiger partial charge in [0.05, 0.1) is 6.42 Å². The number of amides is 1. The van der Waals surface area contributed by atoms with Crippen LogP contribution in [0.1, 0.15) is 28.4 Å². The molecule has 0 radical (unpaired) electrons. The number of H-pyrrole nitrogens is 1. The van der Waals surface area contributed by atoms with Gasteiger partial charge in [0, 0.05) is 29.9 Å². The van der Waals surface area contributed by atoms with Crippen molar-refractivity contribution in [3.8, 4) is 0 Å². The number of nitrogens with zero attached hydrogens (tertiary/aromatic N) is 2. The van der Waals surface area contributed by atoms with E-state index < -0.39 is 0 Å². The summed E-state index contributed by atoms with van der Waals surface area (Å²) in [6, 6.07) is 5.94. The molecular weight excluding hydrogens is 320 g/mol. The zero-order valence-corrected chi connectivity index (χ0v) is 14.5. The predicted molar refractivity (Wildman–Crippen MR) is 93.5 cm³/mol. The Balaban J connectivity index is 1.66. The van der Waals surface area contributed by atoms with Crippen LogP contribution in [-0.2, 0) is 17.6 Å². The van der Waals surface area contributed by atoms with E-state index in [1.54, 1.807) is 6.92 Å². The Labute approximate surface area is 144 Å². The summed E-state index contributed by atoms with van der Waals surface area (Å²) in [5, 5.41) is 7.48. The van der Waals surface area contributed by atoms with Gasteiger partial charge < -0.3 is 14.8 Å². The second kappa shape index (κ2) is 6.88. The average molecular weight is 340 g/mol. The fourth-order valence-electron chi connectivity index (χ4n) is 2.86. The van der Waals surface area contributed by atoms with Crippen LogP contribution in [0.5, 0.6) is 0 Å². The lowest BCUT2D eigenvalue weighted by atomic mass is 10.0. The molecule has 0 saturated carbocycles. The number of benzene rings is 1. The Hall–Kier alpha value is -2.96. The first-order valence-electron chi connectivity index (χ1n) is 8.11. The van der Waals surface area contributed by atoms with Gasteiger partial charge in [0.1, 0.15) is 0 Å². The molecule has 3 rings (SSSR count). The van der Waals surface area contributed by atoms with Crippen LogP contribution in [0.4, 0.5) is 0 Å². The zero-order valence-electron chi connectivity index (χ0n) is 14.5. The lowest BCUT2D eigenvalue weighted by Gasteiger charge is -2.08. The number of carbonyl (C=O) groups excluding carboxylic acids is 1. The maximum Gasteiger partial charge on any atom is 0.251 e. The topological polar surface area (TPSA) is 101 Å². The van der Waals surface area contributed by atoms with E-state index in [1.807, 2.05) is 26.0 Å². The molecular formula is C18H20N4O3. The second-order valence-electron chi connectivity index (χ2n) is 6.17. The highest BCUT2D eigenvalue weighted by atomic mass is 16.5. The van der Waals surface area contributed by atoms with E-state index in [0.29, 0.717) is 30.2 Å². The van der Waals surface area contributed by atoms with Crippen molar-refractivity contribution >= 4 is 16.8 Å². The minimum absolute atomic E-state index is 0.0593. The average Bonchev–Trinajstić information content (AvgIpc) is 2.93. The molecule has 0 spiro atoms. The first kappa shape index (κ1) is 16.9. The predicted octanol–water partition coefficient (Wildman–Crippen LogP) is 1.74. The number of aryl methyl sites for hydroxylation is 3. The molecule has 1 aromatic carbocycles. The molecule has 0 unspecified atom stereocenters. The van der Waals surface area contributed by atoms with Crippen LogP contribution in [0.3, 0.4) is 0 Å². The van der Waals surface area contributed by atoms with Gasteiger partial charge in [-0.05, 0) is 43.5 Å². The van der Waals surface area contributed by atoms with E-state index in [-0.39, 0.29) is 17.9 Å². The minimum atomic E-state index is -0.204. The van der Waals surface area contributed by atoms with Crippen LogP contribution in [0.15, 0.2) is 27.5 Å². The third kappa shape index (κ3) is 3.93. The lowest BCUT2D eigenvalue weighted by molar-refractivity contribution is -0.120. The quantitative estimate of drug-likeness (QED) is 0.737. The maximum absolute atomic E-state index is 12.2. The van der Waals surface area contributed by atoms with Crippen molar-refractivity contribution < 1.29 is 9.32 Å². The molecule has 2 heterocycles. The van der Waals surface area contributed by atoms with Gasteiger partial charge in [-0.2, -0.15) is 4.98 Å². The van der Waals surface area contributed by atoms with Crippen LogP contribution in [0.2, 0.25) is 0 Å². The van der Waals surface area contributed by atoms with E-state index in [4.69, 9.17) is 4.52 Å². The number of pyridine rings is 1. The van der Waals surface area contributed by atoms with Crippen LogP contribution in [0, 0.1) is 20.8 Å². The Kier molecular flexibility index (Phi) is 4.65. The number of aromatic amines is 1. The molecule has 0 fully saturated rings. The molecule has 0 atom stereocenters. The molecule has 2 N–H and O–H groups in total. The van der Waals surface area contributed by atoms with Crippen LogP contribution in [0.25, 0.3) is 10.9 Å². The summed E-state index contributed by atoms with van der Waals surface area (Å²) in [4.78, 5) is 31.0. The number of hydrogen-bond acceptors (Lipinski definition) is 5. The SMILES string of the molecule is Cc1cc(C)c2cc(CCNC(=O)Cc3noc(C)n3)c(=O)[nH]c2c1. The standard InChI is InChI=1S/C18H20N4O3/c1-10-6-11(2)14-8-13(18(24)21-15(14)7-10)4-5-19-17(23)9-16-20-12(3)25-22-16/h6-8H,4-5,9H2,1-3H3,(H,19,23)(H,21,24). The van der Waals surface area contributed by atoms with Crippen molar-refractivity contribution in [2.45, 2.75) is 33.6 Å². The smallest absolute Gasteiger partial charge is 0.251 e. The summed E-state index contributed by atoms with van der Waals surface area (Å²) in [6.45, 7) is 6.06. The van der Waals surface area contributed by atoms with Crippen molar-refractivity contribution in [3.63, 3.8) is 0 Å². The van der Waals surface area contributed by atoms with E-state index in [1.165, 1.54) is 0 Å². The van der Waals surface area contributed by atoms with Gasteiger partial charge in [-0.15, -0.1) is 0 Å². The van der Waals surface area contributed by atoms with Gasteiger partial charge in [0.25, 0.3) is 5.56 Å². The van der Waals surface area contributed by atoms with Crippen LogP contribution in [-0.4, -0.2) is 27.6 Å². The summed E-state index contributed by atoms with van der Waals surface area (Å²) < 4.78 is 4.83. The highest BCUT2D eigenvalue weighted by Crippen LogP contribution is 2.18. The molecule has 0 bridgehead atoms. The van der Waals surface area contributed by atoms with E-state index in [2.05, 4.69) is 26.5 Å². The first-order valence-corrected chi connectivity index (χ1v) is 8.11. The minimum Gasteiger partial charge on any atom is -0.355 e. The fourth-order valence-corrected chi connectivity index (χ4v) is 2.86. The Morgan fingerprint density at radius 2 is 2.04 bits per heavy atom. The molecule has 3 aromatic rings. The maximum atomic E-state index is 12.2. The number of rotatable bonds is 5. The van der Waals surface area contributed by atoms with Gasteiger partial charge in [-0.3, -0.25) is 9.59 Å². The van der Waals surface area contributed by atoms with Crippen molar-refractivity contribution in [1.29, 1.82) is 0 Å². The molecule has 0 saturated heterocycles. The van der Waals surface area contributed by atoms with E-state index >= 15 is 0 Å². The highest BCUT2D eigenvalue weighted by molar-refractivity contribution is 5.83. The normalized spacial score (nSPS) is 11.0. The number of fused-ring (bicyclic) bond motifs is 1. The van der Waals surface area contributed by atoms with Crippen LogP contribution < -0.4 is 10.9 Å². The molecule has 0 aliphatic heterocycles. The first-order chi connectivity index (χ1) is 11.9. The number of carbonyl (C=O) groups is 1. The van der Waals surface area contributed by atoms with E-state index in [9.17, 15) is 9.59 Å². The summed E-state index contributed by atoms with van der Waals surface area (Å²) >= 11 is 0. The van der Waals surface area contributed by atoms with Crippen LogP contribution >= 0.6 is 0 Å². The van der Waals surface area contributed by atoms with Crippen molar-refractivity contribution in [2.75, 3.05) is 6.54 Å². The monoisotopic (exact) mass is 340 g/mol. The lowest BCUT2D eigenvalue weighted by Crippen LogP contribution is -2.29. The molecule has 0 aliphatic carbocycles. The number of aromatic nitrogens is 3. The highest BCUT2D eigenvalue weighted by Gasteiger charge is 2.10. The molecule has 7 heteroatoms. The fraction of sp³-hybridized carbons (Fsp3) is 0.333. The third-order valence-corrected chi connectivity index (χ3v) is 3.99. The second-order valence-corrected chi connectivity index (χ2v) is 6.17. The van der Waals surface area contributed by atoms with Gasteiger partial charge in [-0.25, -0.2) is 0 Å². The Morgan fingerprint density at radius 3 is 2.76 bits per heavy atom. The summed E-state index contributed by atoms with van der Waals surface area (Å²) in [5.41, 5.74) is 3.58. The van der Waals surface area contributed by atoms with E-state index in [0.717, 1.165) is 22.0 Å². The Bertz CT molecular complexity index is 988. The summed E-state index contributed by atoms with van der Waals surface area (Å²) in [7, 11) is 0. The zero-order chi connectivity index (χ0) is 18.0. The number of hydrogen-bond donors (Lipinski definition) is 2. The summed E-state index contributed by atoms with van der Waals surface area (Å²) in [6.07, 6.45) is 0.513. The van der Waals surface area contributed by atoms with Crippen molar-refractivity contribution in [1.82, 2.24) is 20.4 Å². The van der Waals surface area contributed by atoms with Gasteiger partial charge in [0.15, 0.2) is 5.82 Å². The third-order valence-electron chi connectivity index (χ3n) is 3.99. The van der Waals surface area contributed by atoms with Gasteiger partial charge >= 0.3 is 0 Å². The van der Waals surface area contributed by atoms with Gasteiger partial charge in [0.2, 0.25) is 11.8 Å². The molecule has 25 heavy (non-hydrogen) atoms. The molecule has 1 amide bonds. The number of nitrogens with one attached hydrogen (secondary N) is 2. The molecule has 130 valence electrons. The Morgan fingerprint density at radius 1 is 1.24 bits per heavy atom. The molecule has 0 aliphatic rings. The largest absolute Gasteiger partial charge is 0.355 e. The summed E-state index contributed by atoms with van der Waals surface area (Å²) in [5.74, 6) is 0.575.